The van der Waals surface area contributed by atoms with E-state index >= 15 is 0 Å². The molecule has 0 aliphatic carbocycles. The number of hydrogen-bond acceptors (Lipinski definition) is 2. The zero-order chi connectivity index (χ0) is 10.6. The van der Waals surface area contributed by atoms with E-state index in [2.05, 4.69) is 0 Å². The topological polar surface area (TPSA) is 35.2 Å². The molecule has 0 saturated carbocycles. The van der Waals surface area contributed by atoms with E-state index in [0.717, 1.165) is 17.0 Å². The van der Waals surface area contributed by atoms with E-state index in [1.807, 2.05) is 31.2 Å². The number of ether oxygens (including phenoxy) is 1. The molecule has 3 heteroatoms. The van der Waals surface area contributed by atoms with E-state index in [-0.39, 0.29) is 5.60 Å². The van der Waals surface area contributed by atoms with Gasteiger partial charge in [0.2, 0.25) is 0 Å². The lowest BCUT2D eigenvalue weighted by Crippen LogP contribution is -2.38. The zero-order valence-electron chi connectivity index (χ0n) is 8.59. The summed E-state index contributed by atoms with van der Waals surface area (Å²) in [7, 11) is 1.68. The minimum Gasteiger partial charge on any atom is -0.377 e. The smallest absolute Gasteiger partial charge is 0.0812 e. The van der Waals surface area contributed by atoms with Gasteiger partial charge in [0.1, 0.15) is 0 Å². The van der Waals surface area contributed by atoms with Crippen molar-refractivity contribution < 1.29 is 4.74 Å². The van der Waals surface area contributed by atoms with Gasteiger partial charge >= 0.3 is 0 Å². The third kappa shape index (κ3) is 2.98. The summed E-state index contributed by atoms with van der Waals surface area (Å²) < 4.78 is 5.36. The van der Waals surface area contributed by atoms with Crippen LogP contribution in [0.4, 0.5) is 0 Å². The molecule has 14 heavy (non-hydrogen) atoms. The fourth-order valence-corrected chi connectivity index (χ4v) is 1.52. The molecule has 1 rings (SSSR count). The number of nitrogens with two attached hydrogens (primary N) is 1. The quantitative estimate of drug-likeness (QED) is 0.833. The summed E-state index contributed by atoms with van der Waals surface area (Å²) in [5.41, 5.74) is 6.49. The molecule has 1 unspecified atom stereocenters. The Morgan fingerprint density at radius 2 is 2.21 bits per heavy atom. The van der Waals surface area contributed by atoms with Crippen molar-refractivity contribution in [1.29, 1.82) is 0 Å². The molecule has 0 aliphatic rings. The lowest BCUT2D eigenvalue weighted by Gasteiger charge is -2.26. The molecule has 1 aromatic rings. The highest BCUT2D eigenvalue weighted by atomic mass is 35.5. The first-order chi connectivity index (χ1) is 6.59. The van der Waals surface area contributed by atoms with Crippen LogP contribution >= 0.6 is 11.6 Å². The van der Waals surface area contributed by atoms with Gasteiger partial charge in [0, 0.05) is 25.1 Å². The van der Waals surface area contributed by atoms with Gasteiger partial charge in [-0.05, 0) is 24.6 Å². The largest absolute Gasteiger partial charge is 0.377 e. The van der Waals surface area contributed by atoms with Crippen LogP contribution in [0.3, 0.4) is 0 Å². The highest BCUT2D eigenvalue weighted by Gasteiger charge is 2.21. The molecule has 1 atom stereocenters. The fraction of sp³-hybridized carbons (Fsp3) is 0.455. The third-order valence-corrected chi connectivity index (χ3v) is 2.63. The Balaban J connectivity index is 2.77. The van der Waals surface area contributed by atoms with Crippen molar-refractivity contribution in [1.82, 2.24) is 0 Å². The minimum atomic E-state index is -0.301. The first-order valence-corrected chi connectivity index (χ1v) is 4.97. The number of hydrogen-bond donors (Lipinski definition) is 1. The summed E-state index contributed by atoms with van der Waals surface area (Å²) in [5, 5.41) is 0.748. The molecule has 0 saturated heterocycles. The van der Waals surface area contributed by atoms with Crippen LogP contribution in [0.2, 0.25) is 5.02 Å². The Bertz CT molecular complexity index is 297. The van der Waals surface area contributed by atoms with Crippen LogP contribution in [-0.4, -0.2) is 19.3 Å². The van der Waals surface area contributed by atoms with E-state index in [0.29, 0.717) is 6.54 Å². The Kier molecular flexibility index (Phi) is 3.93. The predicted molar refractivity (Wildman–Crippen MR) is 59.6 cm³/mol. The van der Waals surface area contributed by atoms with Crippen LogP contribution < -0.4 is 5.73 Å². The number of rotatable bonds is 4. The van der Waals surface area contributed by atoms with Crippen LogP contribution in [0.15, 0.2) is 24.3 Å². The van der Waals surface area contributed by atoms with Crippen molar-refractivity contribution in [3.05, 3.63) is 34.9 Å². The molecule has 0 amide bonds. The normalized spacial score (nSPS) is 15.1. The minimum absolute atomic E-state index is 0.301. The van der Waals surface area contributed by atoms with Crippen molar-refractivity contribution in [2.24, 2.45) is 5.73 Å². The lowest BCUT2D eigenvalue weighted by molar-refractivity contribution is 0.0143. The maximum absolute atomic E-state index is 5.89. The Morgan fingerprint density at radius 1 is 1.50 bits per heavy atom. The first kappa shape index (κ1) is 11.5. The molecule has 0 radical (unpaired) electrons. The highest BCUT2D eigenvalue weighted by molar-refractivity contribution is 6.30. The van der Waals surface area contributed by atoms with Crippen molar-refractivity contribution in [3.63, 3.8) is 0 Å². The SMILES string of the molecule is COC(C)(CN)Cc1cccc(Cl)c1. The molecular weight excluding hydrogens is 198 g/mol. The van der Waals surface area contributed by atoms with Gasteiger partial charge in [-0.15, -0.1) is 0 Å². The Morgan fingerprint density at radius 3 is 2.71 bits per heavy atom. The number of benzene rings is 1. The van der Waals surface area contributed by atoms with Crippen molar-refractivity contribution in [3.8, 4) is 0 Å². The van der Waals surface area contributed by atoms with E-state index in [4.69, 9.17) is 22.1 Å². The Labute approximate surface area is 90.0 Å². The predicted octanol–water partition coefficient (Wildman–Crippen LogP) is 2.25. The maximum atomic E-state index is 5.89. The molecule has 78 valence electrons. The molecule has 0 bridgehead atoms. The van der Waals surface area contributed by atoms with Gasteiger partial charge in [0.15, 0.2) is 0 Å². The van der Waals surface area contributed by atoms with E-state index in [1.54, 1.807) is 7.11 Å². The monoisotopic (exact) mass is 213 g/mol. The van der Waals surface area contributed by atoms with Gasteiger partial charge in [-0.2, -0.15) is 0 Å². The molecule has 2 N–H and O–H groups in total. The van der Waals surface area contributed by atoms with Crippen molar-refractivity contribution >= 4 is 11.6 Å². The van der Waals surface area contributed by atoms with Crippen molar-refractivity contribution in [2.75, 3.05) is 13.7 Å². The number of methoxy groups -OCH3 is 1. The average Bonchev–Trinajstić information content (AvgIpc) is 2.18. The second-order valence-electron chi connectivity index (χ2n) is 3.66. The van der Waals surface area contributed by atoms with Gasteiger partial charge in [-0.25, -0.2) is 0 Å². The summed E-state index contributed by atoms with van der Waals surface area (Å²) in [6.45, 7) is 2.49. The van der Waals surface area contributed by atoms with Gasteiger partial charge in [0.05, 0.1) is 5.60 Å². The van der Waals surface area contributed by atoms with Gasteiger partial charge < -0.3 is 10.5 Å². The fourth-order valence-electron chi connectivity index (χ4n) is 1.31. The Hall–Kier alpha value is -0.570. The molecule has 0 aliphatic heterocycles. The van der Waals surface area contributed by atoms with Crippen LogP contribution in [0.25, 0.3) is 0 Å². The van der Waals surface area contributed by atoms with E-state index < -0.39 is 0 Å². The summed E-state index contributed by atoms with van der Waals surface area (Å²) in [4.78, 5) is 0. The molecular formula is C11H16ClNO. The lowest BCUT2D eigenvalue weighted by atomic mass is 9.96. The summed E-state index contributed by atoms with van der Waals surface area (Å²) in [5.74, 6) is 0. The van der Waals surface area contributed by atoms with Gasteiger partial charge in [-0.1, -0.05) is 23.7 Å². The van der Waals surface area contributed by atoms with Gasteiger partial charge in [-0.3, -0.25) is 0 Å². The maximum Gasteiger partial charge on any atom is 0.0812 e. The van der Waals surface area contributed by atoms with E-state index in [9.17, 15) is 0 Å². The van der Waals surface area contributed by atoms with Crippen molar-refractivity contribution in [2.45, 2.75) is 18.9 Å². The third-order valence-electron chi connectivity index (χ3n) is 2.39. The average molecular weight is 214 g/mol. The highest BCUT2D eigenvalue weighted by Crippen LogP contribution is 2.18. The first-order valence-electron chi connectivity index (χ1n) is 4.59. The number of halogens is 1. The molecule has 1 aromatic carbocycles. The van der Waals surface area contributed by atoms with Gasteiger partial charge in [0.25, 0.3) is 0 Å². The van der Waals surface area contributed by atoms with Crippen LogP contribution in [-0.2, 0) is 11.2 Å². The molecule has 0 spiro atoms. The molecule has 0 aromatic heterocycles. The second kappa shape index (κ2) is 4.78. The standard InChI is InChI=1S/C11H16ClNO/c1-11(8-13,14-2)7-9-4-3-5-10(12)6-9/h3-6H,7-8,13H2,1-2H3. The molecule has 0 fully saturated rings. The zero-order valence-corrected chi connectivity index (χ0v) is 9.34. The van der Waals surface area contributed by atoms with Crippen LogP contribution in [0.1, 0.15) is 12.5 Å². The summed E-state index contributed by atoms with van der Waals surface area (Å²) >= 11 is 5.89. The second-order valence-corrected chi connectivity index (χ2v) is 4.10. The molecule has 0 heterocycles. The summed E-state index contributed by atoms with van der Waals surface area (Å²) in [6, 6.07) is 7.76. The van der Waals surface area contributed by atoms with E-state index in [1.165, 1.54) is 0 Å². The summed E-state index contributed by atoms with van der Waals surface area (Å²) in [6.07, 6.45) is 0.778. The van der Waals surface area contributed by atoms with Crippen LogP contribution in [0.5, 0.6) is 0 Å². The van der Waals surface area contributed by atoms with Crippen LogP contribution in [0, 0.1) is 0 Å². The molecule has 2 nitrogen and oxygen atoms in total.